The highest BCUT2D eigenvalue weighted by Crippen LogP contribution is 2.24. The quantitative estimate of drug-likeness (QED) is 0.845. The van der Waals surface area contributed by atoms with E-state index in [0.29, 0.717) is 6.42 Å². The van der Waals surface area contributed by atoms with Gasteiger partial charge in [-0.15, -0.1) is 0 Å². The molecule has 1 atom stereocenters. The number of thioether (sulfide) groups is 1. The first kappa shape index (κ1) is 17.0. The van der Waals surface area contributed by atoms with E-state index in [1.807, 2.05) is 30.5 Å². The van der Waals surface area contributed by atoms with E-state index in [-0.39, 0.29) is 5.91 Å². The van der Waals surface area contributed by atoms with E-state index in [4.69, 9.17) is 10.7 Å². The molecule has 0 radical (unpaired) electrons. The van der Waals surface area contributed by atoms with Crippen molar-refractivity contribution in [1.82, 2.24) is 9.55 Å². The Hall–Kier alpha value is -1.79. The van der Waals surface area contributed by atoms with E-state index in [0.717, 1.165) is 35.7 Å². The lowest BCUT2D eigenvalue weighted by atomic mass is 10.1. The van der Waals surface area contributed by atoms with Crippen molar-refractivity contribution in [1.29, 1.82) is 0 Å². The lowest BCUT2D eigenvalue weighted by molar-refractivity contribution is -0.117. The van der Waals surface area contributed by atoms with Crippen LogP contribution in [0.2, 0.25) is 0 Å². The molecule has 1 amide bonds. The summed E-state index contributed by atoms with van der Waals surface area (Å²) in [4.78, 5) is 16.8. The van der Waals surface area contributed by atoms with Gasteiger partial charge in [-0.05, 0) is 43.4 Å². The van der Waals surface area contributed by atoms with E-state index in [9.17, 15) is 4.79 Å². The summed E-state index contributed by atoms with van der Waals surface area (Å²) >= 11 is 1.70. The molecule has 3 N–H and O–H groups in total. The van der Waals surface area contributed by atoms with Gasteiger partial charge in [0.25, 0.3) is 0 Å². The number of nitrogens with two attached hydrogens (primary N) is 1. The number of nitrogens with one attached hydrogen (secondary N) is 1. The molecule has 6 heteroatoms. The number of aryl methyl sites for hydroxylation is 2. The molecule has 128 valence electrons. The maximum atomic E-state index is 12.0. The van der Waals surface area contributed by atoms with Crippen molar-refractivity contribution in [3.05, 3.63) is 36.3 Å². The number of anilines is 1. The zero-order chi connectivity index (χ0) is 16.9. The van der Waals surface area contributed by atoms with Crippen LogP contribution < -0.4 is 11.1 Å². The molecular formula is C18H24N4OS. The van der Waals surface area contributed by atoms with Crippen molar-refractivity contribution in [2.75, 3.05) is 17.3 Å². The molecule has 2 heterocycles. The average Bonchev–Trinajstić information content (AvgIpc) is 3.04. The minimum absolute atomic E-state index is 0.130. The predicted molar refractivity (Wildman–Crippen MR) is 100 cm³/mol. The molecule has 1 aromatic carbocycles. The first-order chi connectivity index (χ1) is 11.7. The van der Waals surface area contributed by atoms with Crippen molar-refractivity contribution in [3.63, 3.8) is 0 Å². The summed E-state index contributed by atoms with van der Waals surface area (Å²) in [5.74, 6) is 1.93. The Morgan fingerprint density at radius 3 is 2.88 bits per heavy atom. The van der Waals surface area contributed by atoms with Crippen molar-refractivity contribution < 1.29 is 4.79 Å². The second-order valence-corrected chi connectivity index (χ2v) is 7.13. The van der Waals surface area contributed by atoms with Crippen molar-refractivity contribution in [2.24, 2.45) is 5.73 Å². The molecule has 1 aromatic heterocycles. The molecule has 2 aromatic rings. The third-order valence-corrected chi connectivity index (χ3v) is 4.97. The first-order valence-electron chi connectivity index (χ1n) is 8.39. The number of hydrogen-bond donors (Lipinski definition) is 2. The largest absolute Gasteiger partial charge is 0.334 e. The molecular weight excluding hydrogens is 320 g/mol. The smallest absolute Gasteiger partial charge is 0.241 e. The fourth-order valence-electron chi connectivity index (χ4n) is 2.89. The van der Waals surface area contributed by atoms with Gasteiger partial charge in [0.05, 0.1) is 11.7 Å². The number of rotatable bonds is 6. The second kappa shape index (κ2) is 7.85. The lowest BCUT2D eigenvalue weighted by Crippen LogP contribution is -2.36. The highest BCUT2D eigenvalue weighted by atomic mass is 32.2. The summed E-state index contributed by atoms with van der Waals surface area (Å²) in [5.41, 5.74) is 8.73. The summed E-state index contributed by atoms with van der Waals surface area (Å²) in [6, 6.07) is 7.35. The van der Waals surface area contributed by atoms with E-state index in [1.54, 1.807) is 11.8 Å². The normalized spacial score (nSPS) is 14.9. The van der Waals surface area contributed by atoms with Crippen molar-refractivity contribution >= 4 is 23.4 Å². The van der Waals surface area contributed by atoms with Crippen LogP contribution in [-0.4, -0.2) is 33.5 Å². The zero-order valence-electron chi connectivity index (χ0n) is 14.0. The minimum atomic E-state index is -0.461. The number of fused-ring (bicyclic) bond motifs is 1. The van der Waals surface area contributed by atoms with E-state index < -0.39 is 6.04 Å². The summed E-state index contributed by atoms with van der Waals surface area (Å²) in [5, 5.41) is 2.88. The highest BCUT2D eigenvalue weighted by Gasteiger charge is 2.15. The minimum Gasteiger partial charge on any atom is -0.334 e. The number of benzene rings is 1. The van der Waals surface area contributed by atoms with Gasteiger partial charge in [-0.2, -0.15) is 11.8 Å². The van der Waals surface area contributed by atoms with Crippen LogP contribution in [0.4, 0.5) is 5.69 Å². The lowest BCUT2D eigenvalue weighted by Gasteiger charge is -2.11. The Morgan fingerprint density at radius 1 is 1.38 bits per heavy atom. The van der Waals surface area contributed by atoms with Gasteiger partial charge in [0.1, 0.15) is 5.82 Å². The Labute approximate surface area is 147 Å². The van der Waals surface area contributed by atoms with Crippen LogP contribution in [0, 0.1) is 0 Å². The summed E-state index contributed by atoms with van der Waals surface area (Å²) in [6.45, 7) is 1.06. The molecule has 0 saturated carbocycles. The van der Waals surface area contributed by atoms with E-state index >= 15 is 0 Å². The standard InChI is InChI=1S/C18H24N4OS/c1-24-11-9-15(19)18(23)20-14-7-5-13(6-8-14)16-12-22-10-3-2-4-17(22)21-16/h5-8,12,15H,2-4,9-11,19H2,1H3,(H,20,23)/t15-/m0/s1. The summed E-state index contributed by atoms with van der Waals surface area (Å²) in [6.07, 6.45) is 8.33. The number of carbonyl (C=O) groups is 1. The van der Waals surface area contributed by atoms with Gasteiger partial charge in [0.15, 0.2) is 0 Å². The summed E-state index contributed by atoms with van der Waals surface area (Å²) in [7, 11) is 0. The van der Waals surface area contributed by atoms with Crippen LogP contribution in [0.1, 0.15) is 25.1 Å². The van der Waals surface area contributed by atoms with Crippen LogP contribution in [0.3, 0.4) is 0 Å². The average molecular weight is 344 g/mol. The van der Waals surface area contributed by atoms with Gasteiger partial charge >= 0.3 is 0 Å². The number of carbonyl (C=O) groups excluding carboxylic acids is 1. The molecule has 5 nitrogen and oxygen atoms in total. The molecule has 0 bridgehead atoms. The van der Waals surface area contributed by atoms with Crippen LogP contribution in [0.15, 0.2) is 30.5 Å². The van der Waals surface area contributed by atoms with Gasteiger partial charge < -0.3 is 15.6 Å². The Balaban J connectivity index is 1.65. The number of nitrogens with zero attached hydrogens (tertiary/aromatic N) is 2. The maximum Gasteiger partial charge on any atom is 0.241 e. The molecule has 1 aliphatic heterocycles. The molecule has 0 spiro atoms. The molecule has 0 unspecified atom stereocenters. The van der Waals surface area contributed by atoms with E-state index in [1.165, 1.54) is 18.7 Å². The van der Waals surface area contributed by atoms with Crippen molar-refractivity contribution in [2.45, 2.75) is 38.3 Å². The number of amides is 1. The SMILES string of the molecule is CSCC[C@H](N)C(=O)Nc1ccc(-c2cn3c(n2)CCCC3)cc1. The highest BCUT2D eigenvalue weighted by molar-refractivity contribution is 7.98. The molecule has 0 saturated heterocycles. The number of aromatic nitrogens is 2. The fraction of sp³-hybridized carbons (Fsp3) is 0.444. The molecule has 24 heavy (non-hydrogen) atoms. The van der Waals surface area contributed by atoms with Gasteiger partial charge in [-0.1, -0.05) is 12.1 Å². The Bertz CT molecular complexity index is 672. The van der Waals surface area contributed by atoms with E-state index in [2.05, 4.69) is 16.1 Å². The first-order valence-corrected chi connectivity index (χ1v) is 9.78. The second-order valence-electron chi connectivity index (χ2n) is 6.15. The van der Waals surface area contributed by atoms with Crippen LogP contribution in [-0.2, 0) is 17.8 Å². The van der Waals surface area contributed by atoms with Gasteiger partial charge in [0.2, 0.25) is 5.91 Å². The van der Waals surface area contributed by atoms with Crippen molar-refractivity contribution in [3.8, 4) is 11.3 Å². The fourth-order valence-corrected chi connectivity index (χ4v) is 3.38. The third-order valence-electron chi connectivity index (χ3n) is 4.33. The van der Waals surface area contributed by atoms with Crippen LogP contribution in [0.25, 0.3) is 11.3 Å². The third kappa shape index (κ3) is 3.99. The monoisotopic (exact) mass is 344 g/mol. The maximum absolute atomic E-state index is 12.0. The molecule has 1 aliphatic rings. The van der Waals surface area contributed by atoms with Gasteiger partial charge in [0, 0.05) is 30.4 Å². The Kier molecular flexibility index (Phi) is 5.58. The van der Waals surface area contributed by atoms with Gasteiger partial charge in [-0.25, -0.2) is 4.98 Å². The molecule has 0 fully saturated rings. The zero-order valence-corrected chi connectivity index (χ0v) is 14.8. The van der Waals surface area contributed by atoms with Crippen LogP contribution in [0.5, 0.6) is 0 Å². The predicted octanol–water partition coefficient (Wildman–Crippen LogP) is 2.91. The van der Waals surface area contributed by atoms with Gasteiger partial charge in [-0.3, -0.25) is 4.79 Å². The molecule has 3 rings (SSSR count). The topological polar surface area (TPSA) is 72.9 Å². The van der Waals surface area contributed by atoms with Crippen LogP contribution >= 0.6 is 11.8 Å². The molecule has 0 aliphatic carbocycles. The summed E-state index contributed by atoms with van der Waals surface area (Å²) < 4.78 is 2.25. The number of hydrogen-bond acceptors (Lipinski definition) is 4. The Morgan fingerprint density at radius 2 is 2.17 bits per heavy atom. The number of imidazole rings is 1.